The van der Waals surface area contributed by atoms with E-state index >= 15 is 0 Å². The molecule has 2 aromatic carbocycles. The Morgan fingerprint density at radius 1 is 1.06 bits per heavy atom. The standard InChI is InChI=1S/C16H13N/c1-11-7-8-14(9-12(11)2)16-6-4-5-15(10-17)13(16)3/h4-9H,1-2H2,3H3. The fourth-order valence-electron chi connectivity index (χ4n) is 1.86. The molecule has 0 saturated carbocycles. The highest BCUT2D eigenvalue weighted by atomic mass is 14.2. The van der Waals surface area contributed by atoms with E-state index in [0.29, 0.717) is 5.56 Å². The van der Waals surface area contributed by atoms with Gasteiger partial charge in [0, 0.05) is 0 Å². The van der Waals surface area contributed by atoms with Gasteiger partial charge < -0.3 is 0 Å². The summed E-state index contributed by atoms with van der Waals surface area (Å²) in [6, 6.07) is 13.9. The third-order valence-electron chi connectivity index (χ3n) is 2.97. The molecule has 0 aliphatic carbocycles. The molecule has 0 aliphatic heterocycles. The molecule has 82 valence electrons. The van der Waals surface area contributed by atoms with Gasteiger partial charge in [-0.15, -0.1) is 0 Å². The van der Waals surface area contributed by atoms with Crippen molar-refractivity contribution in [2.24, 2.45) is 0 Å². The lowest BCUT2D eigenvalue weighted by atomic mass is 9.96. The molecule has 0 radical (unpaired) electrons. The Balaban J connectivity index is 2.70. The van der Waals surface area contributed by atoms with Crippen molar-refractivity contribution >= 4 is 13.2 Å². The zero-order chi connectivity index (χ0) is 12.4. The first-order valence-electron chi connectivity index (χ1n) is 5.41. The van der Waals surface area contributed by atoms with Crippen molar-refractivity contribution in [1.29, 1.82) is 5.26 Å². The minimum absolute atomic E-state index is 0.715. The van der Waals surface area contributed by atoms with Crippen LogP contribution in [0, 0.1) is 18.3 Å². The minimum Gasteiger partial charge on any atom is -0.192 e. The largest absolute Gasteiger partial charge is 0.192 e. The first-order chi connectivity index (χ1) is 8.13. The Labute approximate surface area is 101 Å². The van der Waals surface area contributed by atoms with E-state index in [0.717, 1.165) is 27.1 Å². The smallest absolute Gasteiger partial charge is 0.0994 e. The second kappa shape index (κ2) is 4.27. The molecule has 17 heavy (non-hydrogen) atoms. The maximum absolute atomic E-state index is 9.02. The molecular formula is C16H13N. The predicted octanol–water partition coefficient (Wildman–Crippen LogP) is 2.35. The molecule has 0 N–H and O–H groups in total. The number of hydrogen-bond donors (Lipinski definition) is 0. The van der Waals surface area contributed by atoms with Crippen LogP contribution in [-0.2, 0) is 0 Å². The number of nitrogens with zero attached hydrogens (tertiary/aromatic N) is 1. The number of hydrogen-bond acceptors (Lipinski definition) is 1. The van der Waals surface area contributed by atoms with Crippen LogP contribution in [0.4, 0.5) is 0 Å². The normalized spacial score (nSPS) is 9.88. The molecule has 0 saturated heterocycles. The molecule has 0 aliphatic rings. The van der Waals surface area contributed by atoms with Crippen LogP contribution in [0.3, 0.4) is 0 Å². The van der Waals surface area contributed by atoms with Crippen molar-refractivity contribution in [1.82, 2.24) is 0 Å². The van der Waals surface area contributed by atoms with Gasteiger partial charge in [-0.3, -0.25) is 0 Å². The Kier molecular flexibility index (Phi) is 2.80. The summed E-state index contributed by atoms with van der Waals surface area (Å²) >= 11 is 0. The van der Waals surface area contributed by atoms with E-state index in [-0.39, 0.29) is 0 Å². The van der Waals surface area contributed by atoms with Gasteiger partial charge in [-0.1, -0.05) is 37.4 Å². The predicted molar refractivity (Wildman–Crippen MR) is 71.6 cm³/mol. The van der Waals surface area contributed by atoms with Crippen molar-refractivity contribution in [3.63, 3.8) is 0 Å². The molecule has 0 atom stereocenters. The van der Waals surface area contributed by atoms with Gasteiger partial charge in [0.2, 0.25) is 0 Å². The lowest BCUT2D eigenvalue weighted by molar-refractivity contribution is 1.38. The molecule has 0 spiro atoms. The Hall–Kier alpha value is -2.33. The fourth-order valence-corrected chi connectivity index (χ4v) is 1.86. The zero-order valence-corrected chi connectivity index (χ0v) is 9.83. The van der Waals surface area contributed by atoms with Crippen LogP contribution in [0.5, 0.6) is 0 Å². The Morgan fingerprint density at radius 3 is 2.47 bits per heavy atom. The summed E-state index contributed by atoms with van der Waals surface area (Å²) in [5.41, 5.74) is 3.88. The molecular weight excluding hydrogens is 206 g/mol. The number of rotatable bonds is 1. The molecule has 1 heteroatoms. The van der Waals surface area contributed by atoms with Crippen LogP contribution in [0.1, 0.15) is 11.1 Å². The SMILES string of the molecule is C=c1ccc(-c2cccc(C#N)c2C)cc1=C. The summed E-state index contributed by atoms with van der Waals surface area (Å²) in [5.74, 6) is 0. The van der Waals surface area contributed by atoms with Crippen LogP contribution in [0.2, 0.25) is 0 Å². The van der Waals surface area contributed by atoms with Gasteiger partial charge >= 0.3 is 0 Å². The van der Waals surface area contributed by atoms with Gasteiger partial charge in [0.05, 0.1) is 11.6 Å². The maximum Gasteiger partial charge on any atom is 0.0994 e. The van der Waals surface area contributed by atoms with E-state index in [2.05, 4.69) is 19.2 Å². The van der Waals surface area contributed by atoms with Crippen molar-refractivity contribution in [2.45, 2.75) is 6.92 Å². The van der Waals surface area contributed by atoms with Crippen molar-refractivity contribution in [3.8, 4) is 17.2 Å². The molecule has 0 bridgehead atoms. The van der Waals surface area contributed by atoms with Gasteiger partial charge in [-0.25, -0.2) is 0 Å². The first kappa shape index (κ1) is 11.2. The van der Waals surface area contributed by atoms with Gasteiger partial charge in [-0.05, 0) is 46.2 Å². The zero-order valence-electron chi connectivity index (χ0n) is 9.83. The molecule has 0 unspecified atom stereocenters. The molecule has 1 nitrogen and oxygen atoms in total. The third kappa shape index (κ3) is 1.98. The molecule has 0 amide bonds. The van der Waals surface area contributed by atoms with Crippen LogP contribution in [0.15, 0.2) is 36.4 Å². The lowest BCUT2D eigenvalue weighted by Crippen LogP contribution is -2.20. The van der Waals surface area contributed by atoms with Crippen LogP contribution in [-0.4, -0.2) is 0 Å². The van der Waals surface area contributed by atoms with Crippen LogP contribution < -0.4 is 10.4 Å². The summed E-state index contributed by atoms with van der Waals surface area (Å²) in [7, 11) is 0. The van der Waals surface area contributed by atoms with Crippen molar-refractivity contribution in [3.05, 3.63) is 58.0 Å². The topological polar surface area (TPSA) is 23.8 Å². The maximum atomic E-state index is 9.02. The lowest BCUT2D eigenvalue weighted by Gasteiger charge is -2.07. The van der Waals surface area contributed by atoms with Crippen molar-refractivity contribution < 1.29 is 0 Å². The van der Waals surface area contributed by atoms with E-state index in [1.54, 1.807) is 0 Å². The molecule has 2 rings (SSSR count). The summed E-state index contributed by atoms with van der Waals surface area (Å²) in [5, 5.41) is 10.9. The second-order valence-corrected chi connectivity index (χ2v) is 4.07. The van der Waals surface area contributed by atoms with E-state index in [9.17, 15) is 0 Å². The average molecular weight is 219 g/mol. The first-order valence-corrected chi connectivity index (χ1v) is 5.41. The quantitative estimate of drug-likeness (QED) is 0.722. The van der Waals surface area contributed by atoms with E-state index in [1.165, 1.54) is 0 Å². The second-order valence-electron chi connectivity index (χ2n) is 4.07. The third-order valence-corrected chi connectivity index (χ3v) is 2.97. The Bertz CT molecular complexity index is 705. The summed E-state index contributed by atoms with van der Waals surface area (Å²) in [4.78, 5) is 0. The fraction of sp³-hybridized carbons (Fsp3) is 0.0625. The van der Waals surface area contributed by atoms with Crippen molar-refractivity contribution in [2.75, 3.05) is 0 Å². The highest BCUT2D eigenvalue weighted by Crippen LogP contribution is 2.23. The molecule has 0 aromatic heterocycles. The summed E-state index contributed by atoms with van der Waals surface area (Å²) in [6.45, 7) is 9.81. The monoisotopic (exact) mass is 219 g/mol. The van der Waals surface area contributed by atoms with E-state index < -0.39 is 0 Å². The van der Waals surface area contributed by atoms with Crippen LogP contribution in [0.25, 0.3) is 24.3 Å². The molecule has 0 heterocycles. The molecule has 2 aromatic rings. The molecule has 0 fully saturated rings. The summed E-state index contributed by atoms with van der Waals surface area (Å²) in [6.07, 6.45) is 0. The summed E-state index contributed by atoms with van der Waals surface area (Å²) < 4.78 is 0. The van der Waals surface area contributed by atoms with E-state index in [1.807, 2.05) is 43.3 Å². The Morgan fingerprint density at radius 2 is 1.82 bits per heavy atom. The average Bonchev–Trinajstić information content (AvgIpc) is 2.33. The van der Waals surface area contributed by atoms with Gasteiger partial charge in [-0.2, -0.15) is 5.26 Å². The minimum atomic E-state index is 0.715. The number of benzene rings is 2. The van der Waals surface area contributed by atoms with E-state index in [4.69, 9.17) is 5.26 Å². The van der Waals surface area contributed by atoms with Gasteiger partial charge in [0.25, 0.3) is 0 Å². The number of nitriles is 1. The van der Waals surface area contributed by atoms with Gasteiger partial charge in [0.15, 0.2) is 0 Å². The van der Waals surface area contributed by atoms with Crippen LogP contribution >= 0.6 is 0 Å². The van der Waals surface area contributed by atoms with Gasteiger partial charge in [0.1, 0.15) is 0 Å². The highest BCUT2D eigenvalue weighted by Gasteiger charge is 2.05. The highest BCUT2D eigenvalue weighted by molar-refractivity contribution is 5.69.